The second-order valence-corrected chi connectivity index (χ2v) is 5.25. The molecule has 22 heavy (non-hydrogen) atoms. The van der Waals surface area contributed by atoms with Gasteiger partial charge in [-0.15, -0.1) is 5.10 Å². The van der Waals surface area contributed by atoms with Gasteiger partial charge in [-0.1, -0.05) is 28.9 Å². The van der Waals surface area contributed by atoms with Crippen LogP contribution in [0.2, 0.25) is 5.02 Å². The summed E-state index contributed by atoms with van der Waals surface area (Å²) >= 11 is 5.90. The summed E-state index contributed by atoms with van der Waals surface area (Å²) in [5.41, 5.74) is 2.88. The number of rotatable bonds is 4. The van der Waals surface area contributed by atoms with Crippen LogP contribution in [0, 0.1) is 0 Å². The Morgan fingerprint density at radius 3 is 2.91 bits per heavy atom. The van der Waals surface area contributed by atoms with Gasteiger partial charge in [0.1, 0.15) is 12.1 Å². The van der Waals surface area contributed by atoms with Crippen molar-refractivity contribution in [1.82, 2.24) is 15.0 Å². The highest BCUT2D eigenvalue weighted by atomic mass is 35.5. The number of halogens is 1. The van der Waals surface area contributed by atoms with Gasteiger partial charge >= 0.3 is 5.97 Å². The lowest BCUT2D eigenvalue weighted by atomic mass is 10.2. The fourth-order valence-electron chi connectivity index (χ4n) is 2.19. The Kier molecular flexibility index (Phi) is 4.06. The molecule has 0 aliphatic carbocycles. The number of esters is 1. The molecule has 1 heterocycles. The molecule has 0 radical (unpaired) electrons. The molecular formula is C16H14ClN3O2. The highest BCUT2D eigenvalue weighted by molar-refractivity contribution is 6.30. The number of hydrogen-bond acceptors (Lipinski definition) is 4. The monoisotopic (exact) mass is 315 g/mol. The summed E-state index contributed by atoms with van der Waals surface area (Å²) in [6.07, 6.45) is 0. The van der Waals surface area contributed by atoms with Crippen LogP contribution in [-0.4, -0.2) is 21.0 Å². The number of ether oxygens (including phenoxy) is 1. The van der Waals surface area contributed by atoms with Crippen molar-refractivity contribution in [3.63, 3.8) is 0 Å². The first-order chi connectivity index (χ1) is 10.7. The van der Waals surface area contributed by atoms with Gasteiger partial charge in [0.25, 0.3) is 0 Å². The van der Waals surface area contributed by atoms with Crippen LogP contribution >= 0.6 is 11.6 Å². The summed E-state index contributed by atoms with van der Waals surface area (Å²) in [4.78, 5) is 12.1. The lowest BCUT2D eigenvalue weighted by Crippen LogP contribution is -2.05. The normalized spacial score (nSPS) is 10.8. The van der Waals surface area contributed by atoms with Crippen molar-refractivity contribution < 1.29 is 9.53 Å². The summed E-state index contributed by atoms with van der Waals surface area (Å²) in [5.74, 6) is -0.395. The first-order valence-corrected chi connectivity index (χ1v) is 7.30. The molecule has 0 aliphatic rings. The maximum Gasteiger partial charge on any atom is 0.338 e. The first-order valence-electron chi connectivity index (χ1n) is 6.92. The van der Waals surface area contributed by atoms with E-state index in [9.17, 15) is 4.79 Å². The van der Waals surface area contributed by atoms with Gasteiger partial charge in [0.15, 0.2) is 0 Å². The quantitative estimate of drug-likeness (QED) is 0.692. The van der Waals surface area contributed by atoms with Crippen LogP contribution in [0.25, 0.3) is 11.0 Å². The maximum atomic E-state index is 12.1. The Hall–Kier alpha value is -2.40. The van der Waals surface area contributed by atoms with Gasteiger partial charge in [0.05, 0.1) is 11.1 Å². The van der Waals surface area contributed by atoms with Crippen LogP contribution in [0.4, 0.5) is 0 Å². The zero-order chi connectivity index (χ0) is 15.5. The van der Waals surface area contributed by atoms with Gasteiger partial charge in [-0.3, -0.25) is 0 Å². The molecule has 112 valence electrons. The van der Waals surface area contributed by atoms with Gasteiger partial charge < -0.3 is 4.74 Å². The first kappa shape index (κ1) is 14.5. The van der Waals surface area contributed by atoms with Crippen LogP contribution in [0.5, 0.6) is 0 Å². The third-order valence-corrected chi connectivity index (χ3v) is 3.54. The predicted octanol–water partition coefficient (Wildman–Crippen LogP) is 3.46. The second kappa shape index (κ2) is 6.15. The van der Waals surface area contributed by atoms with Crippen molar-refractivity contribution >= 4 is 28.6 Å². The zero-order valence-corrected chi connectivity index (χ0v) is 12.7. The van der Waals surface area contributed by atoms with Gasteiger partial charge in [-0.2, -0.15) is 0 Å². The molecule has 0 amide bonds. The van der Waals surface area contributed by atoms with Gasteiger partial charge in [-0.25, -0.2) is 9.48 Å². The average Bonchev–Trinajstić information content (AvgIpc) is 2.95. The Bertz CT molecular complexity index is 829. The smallest absolute Gasteiger partial charge is 0.338 e. The van der Waals surface area contributed by atoms with Crippen molar-refractivity contribution in [1.29, 1.82) is 0 Å². The molecule has 0 fully saturated rings. The van der Waals surface area contributed by atoms with E-state index in [2.05, 4.69) is 10.3 Å². The summed E-state index contributed by atoms with van der Waals surface area (Å²) in [5, 5.41) is 8.68. The number of aromatic nitrogens is 3. The highest BCUT2D eigenvalue weighted by Crippen LogP contribution is 2.16. The lowest BCUT2D eigenvalue weighted by molar-refractivity contribution is 0.0473. The Balaban J connectivity index is 1.74. The van der Waals surface area contributed by atoms with E-state index >= 15 is 0 Å². The van der Waals surface area contributed by atoms with E-state index in [4.69, 9.17) is 16.3 Å². The van der Waals surface area contributed by atoms with E-state index in [-0.39, 0.29) is 6.61 Å². The molecule has 0 aliphatic heterocycles. The molecule has 6 heteroatoms. The molecule has 0 bridgehead atoms. The zero-order valence-electron chi connectivity index (χ0n) is 12.0. The number of aryl methyl sites for hydroxylation is 1. The number of carbonyl (C=O) groups excluding carboxylic acids is 1. The minimum atomic E-state index is -0.395. The van der Waals surface area contributed by atoms with Crippen LogP contribution < -0.4 is 0 Å². The standard InChI is InChI=1S/C16H14ClN3O2/c1-2-20-15-7-6-12(9-14(15)18-19-20)16(21)22-10-11-4-3-5-13(17)8-11/h3-9H,2,10H2,1H3. The molecule has 3 rings (SSSR count). The van der Waals surface area contributed by atoms with E-state index in [0.29, 0.717) is 16.1 Å². The SMILES string of the molecule is CCn1nnc2cc(C(=O)OCc3cccc(Cl)c3)ccc21. The fraction of sp³-hybridized carbons (Fsp3) is 0.188. The van der Waals surface area contributed by atoms with Crippen molar-refractivity contribution in [3.05, 3.63) is 58.6 Å². The summed E-state index contributed by atoms with van der Waals surface area (Å²) in [6, 6.07) is 12.5. The van der Waals surface area contributed by atoms with Crippen LogP contribution in [0.3, 0.4) is 0 Å². The number of hydrogen-bond donors (Lipinski definition) is 0. The van der Waals surface area contributed by atoms with E-state index in [1.165, 1.54) is 0 Å². The van der Waals surface area contributed by atoms with Gasteiger partial charge in [-0.05, 0) is 42.8 Å². The van der Waals surface area contributed by atoms with E-state index in [1.807, 2.05) is 25.1 Å². The number of carbonyl (C=O) groups is 1. The number of benzene rings is 2. The number of fused-ring (bicyclic) bond motifs is 1. The molecule has 0 unspecified atom stereocenters. The molecular weight excluding hydrogens is 302 g/mol. The lowest BCUT2D eigenvalue weighted by Gasteiger charge is -2.05. The molecule has 0 atom stereocenters. The molecule has 5 nitrogen and oxygen atoms in total. The van der Waals surface area contributed by atoms with Crippen molar-refractivity contribution in [3.8, 4) is 0 Å². The summed E-state index contributed by atoms with van der Waals surface area (Å²) in [6.45, 7) is 2.90. The van der Waals surface area contributed by atoms with Crippen LogP contribution in [0.15, 0.2) is 42.5 Å². The van der Waals surface area contributed by atoms with Crippen molar-refractivity contribution in [2.24, 2.45) is 0 Å². The Morgan fingerprint density at radius 2 is 2.14 bits per heavy atom. The third kappa shape index (κ3) is 2.94. The van der Waals surface area contributed by atoms with E-state index in [0.717, 1.165) is 17.6 Å². The molecule has 0 saturated heterocycles. The van der Waals surface area contributed by atoms with E-state index in [1.54, 1.807) is 28.9 Å². The third-order valence-electron chi connectivity index (χ3n) is 3.31. The van der Waals surface area contributed by atoms with Gasteiger partial charge in [0.2, 0.25) is 0 Å². The summed E-state index contributed by atoms with van der Waals surface area (Å²) < 4.78 is 7.07. The molecule has 0 spiro atoms. The fourth-order valence-corrected chi connectivity index (χ4v) is 2.40. The van der Waals surface area contributed by atoms with Crippen molar-refractivity contribution in [2.75, 3.05) is 0 Å². The molecule has 2 aromatic carbocycles. The van der Waals surface area contributed by atoms with Gasteiger partial charge in [0, 0.05) is 11.6 Å². The Morgan fingerprint density at radius 1 is 1.27 bits per heavy atom. The van der Waals surface area contributed by atoms with Crippen LogP contribution in [0.1, 0.15) is 22.8 Å². The summed E-state index contributed by atoms with van der Waals surface area (Å²) in [7, 11) is 0. The number of nitrogens with zero attached hydrogens (tertiary/aromatic N) is 3. The topological polar surface area (TPSA) is 57.0 Å². The predicted molar refractivity (Wildman–Crippen MR) is 83.8 cm³/mol. The molecule has 0 N–H and O–H groups in total. The maximum absolute atomic E-state index is 12.1. The Labute approximate surface area is 132 Å². The molecule has 1 aromatic heterocycles. The minimum Gasteiger partial charge on any atom is -0.457 e. The van der Waals surface area contributed by atoms with Crippen LogP contribution in [-0.2, 0) is 17.9 Å². The highest BCUT2D eigenvalue weighted by Gasteiger charge is 2.11. The van der Waals surface area contributed by atoms with E-state index < -0.39 is 5.97 Å². The molecule has 0 saturated carbocycles. The molecule has 3 aromatic rings. The second-order valence-electron chi connectivity index (χ2n) is 4.81. The largest absolute Gasteiger partial charge is 0.457 e. The minimum absolute atomic E-state index is 0.180. The van der Waals surface area contributed by atoms with Crippen molar-refractivity contribution in [2.45, 2.75) is 20.1 Å². The average molecular weight is 316 g/mol.